The van der Waals surface area contributed by atoms with Crippen molar-refractivity contribution in [3.63, 3.8) is 0 Å². The van der Waals surface area contributed by atoms with Crippen LogP contribution in [0.1, 0.15) is 31.3 Å². The summed E-state index contributed by atoms with van der Waals surface area (Å²) >= 11 is 0. The second-order valence-corrected chi connectivity index (χ2v) is 5.49. The number of aromatic nitrogens is 2. The molecule has 0 radical (unpaired) electrons. The van der Waals surface area contributed by atoms with E-state index in [0.29, 0.717) is 12.5 Å². The molecule has 2 rings (SSSR count). The zero-order valence-corrected chi connectivity index (χ0v) is 12.5. The van der Waals surface area contributed by atoms with Gasteiger partial charge >= 0.3 is 0 Å². The van der Waals surface area contributed by atoms with E-state index in [0.717, 1.165) is 22.8 Å². The molecule has 6 heteroatoms. The largest absolute Gasteiger partial charge is 0.345 e. The SMILES string of the molecule is Cc1[nH]c(C(CN)C(C)C)nc1-c1cccc([N+](=O)[O-])c1. The lowest BCUT2D eigenvalue weighted by Crippen LogP contribution is -2.19. The minimum absolute atomic E-state index is 0.0654. The van der Waals surface area contributed by atoms with Gasteiger partial charge in [0, 0.05) is 35.9 Å². The van der Waals surface area contributed by atoms with Crippen LogP contribution in [0.4, 0.5) is 5.69 Å². The van der Waals surface area contributed by atoms with Gasteiger partial charge < -0.3 is 10.7 Å². The van der Waals surface area contributed by atoms with Crippen LogP contribution in [0.2, 0.25) is 0 Å². The van der Waals surface area contributed by atoms with Gasteiger partial charge in [-0.05, 0) is 12.8 Å². The van der Waals surface area contributed by atoms with Crippen molar-refractivity contribution in [1.82, 2.24) is 9.97 Å². The third-order valence-corrected chi connectivity index (χ3v) is 3.64. The number of nitrogens with zero attached hydrogens (tertiary/aromatic N) is 2. The van der Waals surface area contributed by atoms with Gasteiger partial charge in [0.2, 0.25) is 0 Å². The molecule has 1 atom stereocenters. The summed E-state index contributed by atoms with van der Waals surface area (Å²) in [6, 6.07) is 6.51. The average Bonchev–Trinajstić information content (AvgIpc) is 2.81. The fourth-order valence-electron chi connectivity index (χ4n) is 2.41. The monoisotopic (exact) mass is 288 g/mol. The van der Waals surface area contributed by atoms with E-state index in [1.165, 1.54) is 6.07 Å². The van der Waals surface area contributed by atoms with Crippen LogP contribution >= 0.6 is 0 Å². The molecule has 2 aromatic rings. The molecule has 0 spiro atoms. The Hall–Kier alpha value is -2.21. The van der Waals surface area contributed by atoms with Gasteiger partial charge in [-0.2, -0.15) is 0 Å². The summed E-state index contributed by atoms with van der Waals surface area (Å²) < 4.78 is 0. The van der Waals surface area contributed by atoms with E-state index >= 15 is 0 Å². The molecular formula is C15H20N4O2. The molecule has 0 saturated heterocycles. The molecule has 3 N–H and O–H groups in total. The number of rotatable bonds is 5. The van der Waals surface area contributed by atoms with Gasteiger partial charge in [-0.15, -0.1) is 0 Å². The van der Waals surface area contributed by atoms with Crippen LogP contribution in [0, 0.1) is 23.0 Å². The molecule has 0 aliphatic rings. The molecule has 0 amide bonds. The Kier molecular flexibility index (Phi) is 4.37. The maximum atomic E-state index is 10.9. The van der Waals surface area contributed by atoms with Crippen LogP contribution in [0.5, 0.6) is 0 Å². The molecule has 0 aliphatic carbocycles. The lowest BCUT2D eigenvalue weighted by Gasteiger charge is -2.15. The number of nitro benzene ring substituents is 1. The average molecular weight is 288 g/mol. The quantitative estimate of drug-likeness (QED) is 0.652. The Morgan fingerprint density at radius 2 is 2.14 bits per heavy atom. The second-order valence-electron chi connectivity index (χ2n) is 5.49. The fraction of sp³-hybridized carbons (Fsp3) is 0.400. The molecule has 21 heavy (non-hydrogen) atoms. The molecule has 6 nitrogen and oxygen atoms in total. The number of hydrogen-bond donors (Lipinski definition) is 2. The van der Waals surface area contributed by atoms with Gasteiger partial charge in [-0.1, -0.05) is 26.0 Å². The number of nitrogens with two attached hydrogens (primary N) is 1. The first-order chi connectivity index (χ1) is 9.93. The standard InChI is InChI=1S/C15H20N4O2/c1-9(2)13(8-16)15-17-10(3)14(18-15)11-5-4-6-12(7-11)19(20)21/h4-7,9,13H,8,16H2,1-3H3,(H,17,18). The van der Waals surface area contributed by atoms with Crippen molar-refractivity contribution in [2.75, 3.05) is 6.54 Å². The predicted octanol–water partition coefficient (Wildman–Crippen LogP) is 2.99. The van der Waals surface area contributed by atoms with Crippen molar-refractivity contribution in [2.24, 2.45) is 11.7 Å². The Morgan fingerprint density at radius 3 is 2.71 bits per heavy atom. The minimum Gasteiger partial charge on any atom is -0.345 e. The van der Waals surface area contributed by atoms with Gasteiger partial charge in [0.05, 0.1) is 10.6 Å². The molecule has 1 aromatic heterocycles. The normalized spacial score (nSPS) is 12.6. The Bertz CT molecular complexity index is 649. The van der Waals surface area contributed by atoms with E-state index in [-0.39, 0.29) is 11.6 Å². The van der Waals surface area contributed by atoms with Crippen molar-refractivity contribution >= 4 is 5.69 Å². The summed E-state index contributed by atoms with van der Waals surface area (Å²) in [7, 11) is 0. The van der Waals surface area contributed by atoms with Gasteiger partial charge in [0.25, 0.3) is 5.69 Å². The zero-order chi connectivity index (χ0) is 15.6. The summed E-state index contributed by atoms with van der Waals surface area (Å²) in [6.45, 7) is 6.63. The number of nitrogens with one attached hydrogen (secondary N) is 1. The summed E-state index contributed by atoms with van der Waals surface area (Å²) in [5, 5.41) is 10.9. The van der Waals surface area contributed by atoms with Crippen molar-refractivity contribution in [1.29, 1.82) is 0 Å². The second kappa shape index (κ2) is 6.05. The Balaban J connectivity index is 2.44. The van der Waals surface area contributed by atoms with E-state index in [4.69, 9.17) is 5.73 Å². The molecule has 0 fully saturated rings. The zero-order valence-electron chi connectivity index (χ0n) is 12.5. The van der Waals surface area contributed by atoms with Gasteiger partial charge in [-0.3, -0.25) is 10.1 Å². The molecule has 1 unspecified atom stereocenters. The number of aromatic amines is 1. The smallest absolute Gasteiger partial charge is 0.270 e. The summed E-state index contributed by atoms with van der Waals surface area (Å²) in [5.41, 5.74) is 8.26. The number of imidazole rings is 1. The lowest BCUT2D eigenvalue weighted by atomic mass is 9.95. The lowest BCUT2D eigenvalue weighted by molar-refractivity contribution is -0.384. The Morgan fingerprint density at radius 1 is 1.43 bits per heavy atom. The van der Waals surface area contributed by atoms with E-state index in [1.807, 2.05) is 13.0 Å². The Labute approximate surface area is 123 Å². The van der Waals surface area contributed by atoms with E-state index in [2.05, 4.69) is 23.8 Å². The number of aryl methyl sites for hydroxylation is 1. The minimum atomic E-state index is -0.400. The van der Waals surface area contributed by atoms with Crippen LogP contribution in [0.3, 0.4) is 0 Å². The third kappa shape index (κ3) is 3.11. The number of benzene rings is 1. The van der Waals surface area contributed by atoms with Gasteiger partial charge in [0.1, 0.15) is 5.82 Å². The maximum Gasteiger partial charge on any atom is 0.270 e. The van der Waals surface area contributed by atoms with Crippen LogP contribution in [-0.2, 0) is 0 Å². The van der Waals surface area contributed by atoms with E-state index < -0.39 is 4.92 Å². The fourth-order valence-corrected chi connectivity index (χ4v) is 2.41. The number of H-pyrrole nitrogens is 1. The highest BCUT2D eigenvalue weighted by atomic mass is 16.6. The molecule has 0 bridgehead atoms. The first-order valence-electron chi connectivity index (χ1n) is 6.95. The maximum absolute atomic E-state index is 10.9. The molecule has 1 aromatic carbocycles. The summed E-state index contributed by atoms with van der Waals surface area (Å²) in [4.78, 5) is 18.4. The number of non-ortho nitro benzene ring substituents is 1. The van der Waals surface area contributed by atoms with Crippen molar-refractivity contribution in [2.45, 2.75) is 26.7 Å². The van der Waals surface area contributed by atoms with Gasteiger partial charge in [-0.25, -0.2) is 4.98 Å². The molecule has 1 heterocycles. The highest BCUT2D eigenvalue weighted by molar-refractivity contribution is 5.64. The third-order valence-electron chi connectivity index (χ3n) is 3.64. The molecule has 0 aliphatic heterocycles. The number of hydrogen-bond acceptors (Lipinski definition) is 4. The summed E-state index contributed by atoms with van der Waals surface area (Å²) in [5.74, 6) is 1.36. The van der Waals surface area contributed by atoms with Crippen molar-refractivity contribution < 1.29 is 4.92 Å². The molecule has 0 saturated carbocycles. The van der Waals surface area contributed by atoms with Crippen molar-refractivity contribution in [3.8, 4) is 11.3 Å². The summed E-state index contributed by atoms with van der Waals surface area (Å²) in [6.07, 6.45) is 0. The highest BCUT2D eigenvalue weighted by Crippen LogP contribution is 2.28. The van der Waals surface area contributed by atoms with Crippen molar-refractivity contribution in [3.05, 3.63) is 45.9 Å². The van der Waals surface area contributed by atoms with Crippen LogP contribution in [-0.4, -0.2) is 21.4 Å². The topological polar surface area (TPSA) is 97.8 Å². The van der Waals surface area contributed by atoms with Crippen LogP contribution in [0.15, 0.2) is 24.3 Å². The number of nitro groups is 1. The first kappa shape index (κ1) is 15.2. The first-order valence-corrected chi connectivity index (χ1v) is 6.95. The highest BCUT2D eigenvalue weighted by Gasteiger charge is 2.20. The molecular weight excluding hydrogens is 268 g/mol. The predicted molar refractivity (Wildman–Crippen MR) is 82.0 cm³/mol. The van der Waals surface area contributed by atoms with Crippen LogP contribution in [0.25, 0.3) is 11.3 Å². The van der Waals surface area contributed by atoms with Gasteiger partial charge in [0.15, 0.2) is 0 Å². The van der Waals surface area contributed by atoms with E-state index in [1.54, 1.807) is 12.1 Å². The molecule has 112 valence electrons. The van der Waals surface area contributed by atoms with E-state index in [9.17, 15) is 10.1 Å². The van der Waals surface area contributed by atoms with Crippen LogP contribution < -0.4 is 5.73 Å².